The van der Waals surface area contributed by atoms with Crippen LogP contribution in [0.1, 0.15) is 42.4 Å². The molecule has 0 saturated heterocycles. The van der Waals surface area contributed by atoms with Gasteiger partial charge in [0.05, 0.1) is 10.7 Å². The van der Waals surface area contributed by atoms with Crippen molar-refractivity contribution in [3.8, 4) is 0 Å². The summed E-state index contributed by atoms with van der Waals surface area (Å²) in [5.41, 5.74) is 2.11. The van der Waals surface area contributed by atoms with Crippen LogP contribution >= 0.6 is 11.8 Å². The Kier molecular flexibility index (Phi) is 10.1. The first kappa shape index (κ1) is 28.3. The maximum atomic E-state index is 14.7. The van der Waals surface area contributed by atoms with E-state index in [1.54, 1.807) is 30.3 Å². The number of carbonyl (C=O) groups is 2. The van der Waals surface area contributed by atoms with Crippen LogP contribution in [0.4, 0.5) is 10.1 Å². The monoisotopic (exact) mass is 549 g/mol. The number of thioether (sulfide) groups is 1. The Morgan fingerprint density at radius 1 is 0.974 bits per heavy atom. The molecule has 9 heteroatoms. The van der Waals surface area contributed by atoms with E-state index in [-0.39, 0.29) is 35.8 Å². The van der Waals surface area contributed by atoms with Crippen molar-refractivity contribution in [1.82, 2.24) is 10.2 Å². The SMILES string of the molecule is O=C(NC1CCCC1)[C@@H](Cc1ccccc1)N(Cc1ccccc1F)C(=O)CSCc1ccc([N+](=O)[O-])cc1. The van der Waals surface area contributed by atoms with E-state index in [1.165, 1.54) is 34.9 Å². The van der Waals surface area contributed by atoms with Gasteiger partial charge in [-0.25, -0.2) is 4.39 Å². The fourth-order valence-electron chi connectivity index (χ4n) is 4.78. The summed E-state index contributed by atoms with van der Waals surface area (Å²) in [6.45, 7) is -0.0286. The van der Waals surface area contributed by atoms with Gasteiger partial charge in [0.15, 0.2) is 0 Å². The molecule has 3 aromatic carbocycles. The van der Waals surface area contributed by atoms with Gasteiger partial charge in [-0.2, -0.15) is 0 Å². The zero-order valence-electron chi connectivity index (χ0n) is 21.6. The predicted molar refractivity (Wildman–Crippen MR) is 151 cm³/mol. The molecule has 0 aliphatic heterocycles. The van der Waals surface area contributed by atoms with Gasteiger partial charge in [-0.15, -0.1) is 11.8 Å². The van der Waals surface area contributed by atoms with Gasteiger partial charge in [-0.05, 0) is 30.0 Å². The summed E-state index contributed by atoms with van der Waals surface area (Å²) >= 11 is 1.35. The molecular weight excluding hydrogens is 517 g/mol. The zero-order valence-corrected chi connectivity index (χ0v) is 22.4. The van der Waals surface area contributed by atoms with Crippen molar-refractivity contribution in [2.75, 3.05) is 5.75 Å². The van der Waals surface area contributed by atoms with Crippen LogP contribution in [0.25, 0.3) is 0 Å². The highest BCUT2D eigenvalue weighted by Gasteiger charge is 2.32. The lowest BCUT2D eigenvalue weighted by Gasteiger charge is -2.32. The number of amides is 2. The minimum atomic E-state index is -0.805. The number of nitro groups is 1. The van der Waals surface area contributed by atoms with Gasteiger partial charge in [0.25, 0.3) is 5.69 Å². The molecule has 0 aromatic heterocycles. The Hall–Kier alpha value is -3.72. The fraction of sp³-hybridized carbons (Fsp3) is 0.333. The van der Waals surface area contributed by atoms with Crippen LogP contribution in [0.5, 0.6) is 0 Å². The third-order valence-corrected chi connectivity index (χ3v) is 7.90. The van der Waals surface area contributed by atoms with E-state index in [1.807, 2.05) is 30.3 Å². The molecule has 0 unspecified atom stereocenters. The van der Waals surface area contributed by atoms with E-state index in [4.69, 9.17) is 0 Å². The standard InChI is InChI=1S/C30H32FN3O4S/c31-27-13-7-4-10-24(27)19-33(29(35)21-39-20-23-14-16-26(17-15-23)34(37)38)28(18-22-8-2-1-3-9-22)30(36)32-25-11-5-6-12-25/h1-4,7-10,13-17,25,28H,5-6,11-12,18-21H2,(H,32,36)/t28-/m1/s1. The van der Waals surface area contributed by atoms with E-state index >= 15 is 0 Å². The van der Waals surface area contributed by atoms with Gasteiger partial charge in [-0.1, -0.05) is 73.5 Å². The molecule has 1 saturated carbocycles. The molecule has 1 aliphatic carbocycles. The van der Waals surface area contributed by atoms with Crippen LogP contribution in [-0.2, 0) is 28.3 Å². The second kappa shape index (κ2) is 13.9. The number of carbonyl (C=O) groups excluding carboxylic acids is 2. The number of non-ortho nitro benzene ring substituents is 1. The van der Waals surface area contributed by atoms with Crippen molar-refractivity contribution < 1.29 is 18.9 Å². The third kappa shape index (κ3) is 8.13. The third-order valence-electron chi connectivity index (χ3n) is 6.91. The van der Waals surface area contributed by atoms with Crippen LogP contribution in [0.15, 0.2) is 78.9 Å². The first-order valence-electron chi connectivity index (χ1n) is 13.1. The predicted octanol–water partition coefficient (Wildman–Crippen LogP) is 5.67. The van der Waals surface area contributed by atoms with E-state index in [2.05, 4.69) is 5.32 Å². The summed E-state index contributed by atoms with van der Waals surface area (Å²) in [6, 6.07) is 21.3. The van der Waals surface area contributed by atoms with E-state index in [0.29, 0.717) is 17.7 Å². The van der Waals surface area contributed by atoms with Crippen LogP contribution in [0.3, 0.4) is 0 Å². The molecule has 3 aromatic rings. The second-order valence-electron chi connectivity index (χ2n) is 9.72. The van der Waals surface area contributed by atoms with Crippen LogP contribution in [0.2, 0.25) is 0 Å². The quantitative estimate of drug-likeness (QED) is 0.232. The Labute approximate surface area is 231 Å². The van der Waals surface area contributed by atoms with Gasteiger partial charge < -0.3 is 10.2 Å². The molecule has 1 N–H and O–H groups in total. The molecule has 0 radical (unpaired) electrons. The van der Waals surface area contributed by atoms with Gasteiger partial charge in [0, 0.05) is 42.5 Å². The molecule has 1 aliphatic rings. The maximum Gasteiger partial charge on any atom is 0.269 e. The van der Waals surface area contributed by atoms with Crippen molar-refractivity contribution >= 4 is 29.3 Å². The molecule has 0 bridgehead atoms. The summed E-state index contributed by atoms with van der Waals surface area (Å²) in [5.74, 6) is -0.380. The molecule has 39 heavy (non-hydrogen) atoms. The van der Waals surface area contributed by atoms with E-state index in [0.717, 1.165) is 36.8 Å². The normalized spacial score (nSPS) is 14.1. The number of hydrogen-bond donors (Lipinski definition) is 1. The molecular formula is C30H32FN3O4S. The van der Waals surface area contributed by atoms with Gasteiger partial charge in [0.2, 0.25) is 11.8 Å². The summed E-state index contributed by atoms with van der Waals surface area (Å²) < 4.78 is 14.7. The molecule has 2 amide bonds. The topological polar surface area (TPSA) is 92.6 Å². The molecule has 204 valence electrons. The average molecular weight is 550 g/mol. The lowest BCUT2D eigenvalue weighted by Crippen LogP contribution is -2.52. The van der Waals surface area contributed by atoms with Crippen LogP contribution in [0, 0.1) is 15.9 Å². The van der Waals surface area contributed by atoms with Gasteiger partial charge in [-0.3, -0.25) is 19.7 Å². The molecule has 0 spiro atoms. The number of hydrogen-bond acceptors (Lipinski definition) is 5. The second-order valence-corrected chi connectivity index (χ2v) is 10.7. The summed E-state index contributed by atoms with van der Waals surface area (Å²) in [6.07, 6.45) is 4.26. The van der Waals surface area contributed by atoms with Crippen molar-refractivity contribution in [1.29, 1.82) is 0 Å². The number of rotatable bonds is 12. The van der Waals surface area contributed by atoms with Gasteiger partial charge in [0.1, 0.15) is 11.9 Å². The highest BCUT2D eigenvalue weighted by molar-refractivity contribution is 7.99. The van der Waals surface area contributed by atoms with Crippen LogP contribution in [-0.4, -0.2) is 39.5 Å². The Bertz CT molecular complexity index is 1270. The highest BCUT2D eigenvalue weighted by atomic mass is 32.2. The first-order chi connectivity index (χ1) is 18.9. The van der Waals surface area contributed by atoms with Gasteiger partial charge >= 0.3 is 0 Å². The lowest BCUT2D eigenvalue weighted by molar-refractivity contribution is -0.384. The first-order valence-corrected chi connectivity index (χ1v) is 14.2. The van der Waals surface area contributed by atoms with Crippen molar-refractivity contribution in [3.63, 3.8) is 0 Å². The van der Waals surface area contributed by atoms with Crippen LogP contribution < -0.4 is 5.32 Å². The molecule has 1 atom stereocenters. The van der Waals surface area contributed by atoms with E-state index < -0.39 is 16.8 Å². The summed E-state index contributed by atoms with van der Waals surface area (Å²) in [7, 11) is 0. The fourth-order valence-corrected chi connectivity index (χ4v) is 5.66. The highest BCUT2D eigenvalue weighted by Crippen LogP contribution is 2.22. The number of benzene rings is 3. The molecule has 4 rings (SSSR count). The number of nitro benzene ring substituents is 1. The Morgan fingerprint density at radius 2 is 1.64 bits per heavy atom. The summed E-state index contributed by atoms with van der Waals surface area (Å²) in [5, 5.41) is 14.1. The largest absolute Gasteiger partial charge is 0.352 e. The van der Waals surface area contributed by atoms with E-state index in [9.17, 15) is 24.1 Å². The van der Waals surface area contributed by atoms with Crippen molar-refractivity contribution in [3.05, 3.63) is 111 Å². The smallest absolute Gasteiger partial charge is 0.269 e. The number of nitrogens with one attached hydrogen (secondary N) is 1. The average Bonchev–Trinajstić information content (AvgIpc) is 3.45. The van der Waals surface area contributed by atoms with Crippen molar-refractivity contribution in [2.45, 2.75) is 56.5 Å². The minimum absolute atomic E-state index is 0.00733. The maximum absolute atomic E-state index is 14.7. The lowest BCUT2D eigenvalue weighted by atomic mass is 10.0. The summed E-state index contributed by atoms with van der Waals surface area (Å²) in [4.78, 5) is 39.3. The van der Waals surface area contributed by atoms with Crippen molar-refractivity contribution in [2.24, 2.45) is 0 Å². The zero-order chi connectivity index (χ0) is 27.6. The Balaban J connectivity index is 1.55. The number of halogens is 1. The minimum Gasteiger partial charge on any atom is -0.352 e. The molecule has 0 heterocycles. The Morgan fingerprint density at radius 3 is 2.31 bits per heavy atom. The molecule has 1 fully saturated rings. The molecule has 7 nitrogen and oxygen atoms in total. The number of nitrogens with zero attached hydrogens (tertiary/aromatic N) is 2.